The number of thiophene rings is 1. The van der Waals surface area contributed by atoms with Gasteiger partial charge in [0, 0.05) is 20.5 Å². The molecule has 0 aliphatic rings. The Hall–Kier alpha value is -1.86. The van der Waals surface area contributed by atoms with Gasteiger partial charge in [-0.15, -0.1) is 11.3 Å². The molecule has 2 rings (SSSR count). The maximum atomic E-state index is 2.35. The molecule has 0 saturated carbocycles. The highest BCUT2D eigenvalue weighted by molar-refractivity contribution is 7.20. The van der Waals surface area contributed by atoms with Crippen molar-refractivity contribution >= 4 is 33.6 Å². The lowest BCUT2D eigenvalue weighted by Crippen LogP contribution is -1.85. The summed E-state index contributed by atoms with van der Waals surface area (Å²) < 4.78 is 1.36. The Labute approximate surface area is 138 Å². The lowest BCUT2D eigenvalue weighted by molar-refractivity contribution is 0.869. The molecule has 114 valence electrons. The molecule has 0 atom stereocenters. The molecule has 0 aliphatic carbocycles. The van der Waals surface area contributed by atoms with Gasteiger partial charge < -0.3 is 0 Å². The second kappa shape index (κ2) is 7.95. The van der Waals surface area contributed by atoms with Crippen LogP contribution in [0.25, 0.3) is 22.2 Å². The quantitative estimate of drug-likeness (QED) is 0.512. The summed E-state index contributed by atoms with van der Waals surface area (Å²) in [6.07, 6.45) is 16.9. The monoisotopic (exact) mass is 308 g/mol. The van der Waals surface area contributed by atoms with E-state index >= 15 is 0 Å². The number of benzene rings is 1. The van der Waals surface area contributed by atoms with E-state index in [1.165, 1.54) is 26.1 Å². The van der Waals surface area contributed by atoms with Gasteiger partial charge in [-0.05, 0) is 43.5 Å². The Morgan fingerprint density at radius 2 is 1.68 bits per heavy atom. The van der Waals surface area contributed by atoms with Crippen molar-refractivity contribution in [2.24, 2.45) is 0 Å². The Kier molecular flexibility index (Phi) is 5.97. The molecule has 0 radical (unpaired) electrons. The maximum Gasteiger partial charge on any atom is 0.0355 e. The molecule has 2 aromatic rings. The van der Waals surface area contributed by atoms with Crippen LogP contribution in [0.15, 0.2) is 54.7 Å². The summed E-state index contributed by atoms with van der Waals surface area (Å²) >= 11 is 1.86. The van der Waals surface area contributed by atoms with Crippen molar-refractivity contribution in [3.05, 3.63) is 70.7 Å². The van der Waals surface area contributed by atoms with Crippen LogP contribution >= 0.6 is 11.3 Å². The van der Waals surface area contributed by atoms with Gasteiger partial charge in [-0.2, -0.15) is 0 Å². The second-order valence-corrected chi connectivity index (χ2v) is 6.64. The second-order valence-electron chi connectivity index (χ2n) is 5.56. The summed E-state index contributed by atoms with van der Waals surface area (Å²) in [4.78, 5) is 1.33. The first-order valence-electron chi connectivity index (χ1n) is 7.82. The summed E-state index contributed by atoms with van der Waals surface area (Å²) in [5.41, 5.74) is 2.72. The molecule has 0 unspecified atom stereocenters. The van der Waals surface area contributed by atoms with Crippen LogP contribution in [-0.2, 0) is 0 Å². The van der Waals surface area contributed by atoms with Crippen molar-refractivity contribution in [3.63, 3.8) is 0 Å². The van der Waals surface area contributed by atoms with Crippen molar-refractivity contribution in [2.45, 2.75) is 33.6 Å². The standard InChI is InChI=1S/C21H24S/c1-5-7-8-9-10-12-18-19-15-17(16(3)4)13-14-21(19)22-20(18)11-6-2/h5-16H,1-4H3/b7-5-,9-8-,11-6-,12-10+. The SMILES string of the molecule is C\C=C/C=C\C=C\c1c(/C=C\C)sc2ccc(C(C)C)cc12. The first-order chi connectivity index (χ1) is 10.7. The Morgan fingerprint density at radius 3 is 2.36 bits per heavy atom. The van der Waals surface area contributed by atoms with E-state index in [0.717, 1.165) is 0 Å². The predicted molar refractivity (Wildman–Crippen MR) is 104 cm³/mol. The number of hydrogen-bond donors (Lipinski definition) is 0. The topological polar surface area (TPSA) is 0 Å². The van der Waals surface area contributed by atoms with Crippen LogP contribution in [0.4, 0.5) is 0 Å². The zero-order chi connectivity index (χ0) is 15.9. The molecule has 0 fully saturated rings. The van der Waals surface area contributed by atoms with Crippen molar-refractivity contribution in [2.75, 3.05) is 0 Å². The van der Waals surface area contributed by atoms with Gasteiger partial charge in [0.05, 0.1) is 0 Å². The van der Waals surface area contributed by atoms with Crippen LogP contribution in [0.1, 0.15) is 49.6 Å². The molecule has 0 N–H and O–H groups in total. The number of fused-ring (bicyclic) bond motifs is 1. The molecule has 0 nitrogen and oxygen atoms in total. The highest BCUT2D eigenvalue weighted by atomic mass is 32.1. The number of rotatable bonds is 5. The van der Waals surface area contributed by atoms with Crippen LogP contribution < -0.4 is 0 Å². The van der Waals surface area contributed by atoms with Crippen molar-refractivity contribution in [1.82, 2.24) is 0 Å². The van der Waals surface area contributed by atoms with E-state index in [1.54, 1.807) is 0 Å². The van der Waals surface area contributed by atoms with E-state index in [-0.39, 0.29) is 0 Å². The molecule has 22 heavy (non-hydrogen) atoms. The molecule has 0 aliphatic heterocycles. The highest BCUT2D eigenvalue weighted by Crippen LogP contribution is 2.35. The van der Waals surface area contributed by atoms with Crippen LogP contribution in [0, 0.1) is 0 Å². The van der Waals surface area contributed by atoms with Crippen molar-refractivity contribution in [1.29, 1.82) is 0 Å². The number of hydrogen-bond acceptors (Lipinski definition) is 1. The van der Waals surface area contributed by atoms with Crippen molar-refractivity contribution in [3.8, 4) is 0 Å². The van der Waals surface area contributed by atoms with Crippen LogP contribution in [-0.4, -0.2) is 0 Å². The molecular formula is C21H24S. The fourth-order valence-corrected chi connectivity index (χ4v) is 3.49. The zero-order valence-corrected chi connectivity index (χ0v) is 14.7. The van der Waals surface area contributed by atoms with Crippen LogP contribution in [0.5, 0.6) is 0 Å². The third-order valence-electron chi connectivity index (χ3n) is 3.55. The minimum absolute atomic E-state index is 0.556. The molecule has 0 saturated heterocycles. The summed E-state index contributed by atoms with van der Waals surface area (Å²) in [5.74, 6) is 0.556. The van der Waals surface area contributed by atoms with E-state index in [2.05, 4.69) is 75.4 Å². The van der Waals surface area contributed by atoms with Gasteiger partial charge in [0.25, 0.3) is 0 Å². The fraction of sp³-hybridized carbons (Fsp3) is 0.238. The molecule has 1 heterocycles. The third-order valence-corrected chi connectivity index (χ3v) is 4.70. The predicted octanol–water partition coefficient (Wildman–Crippen LogP) is 7.20. The average molecular weight is 308 g/mol. The Balaban J connectivity index is 2.51. The van der Waals surface area contributed by atoms with Gasteiger partial charge in [0.15, 0.2) is 0 Å². The minimum atomic E-state index is 0.556. The summed E-state index contributed by atoms with van der Waals surface area (Å²) in [7, 11) is 0. The molecule has 1 aromatic heterocycles. The summed E-state index contributed by atoms with van der Waals surface area (Å²) in [6.45, 7) is 8.59. The van der Waals surface area contributed by atoms with Crippen LogP contribution in [0.2, 0.25) is 0 Å². The van der Waals surface area contributed by atoms with E-state index in [1.807, 2.05) is 30.4 Å². The highest BCUT2D eigenvalue weighted by Gasteiger charge is 2.09. The molecule has 0 spiro atoms. The normalized spacial score (nSPS) is 13.1. The van der Waals surface area contributed by atoms with Gasteiger partial charge >= 0.3 is 0 Å². The molecular weight excluding hydrogens is 284 g/mol. The van der Waals surface area contributed by atoms with Crippen molar-refractivity contribution < 1.29 is 0 Å². The molecule has 1 heteroatoms. The smallest absolute Gasteiger partial charge is 0.0355 e. The van der Waals surface area contributed by atoms with E-state index in [4.69, 9.17) is 0 Å². The fourth-order valence-electron chi connectivity index (χ4n) is 2.35. The van der Waals surface area contributed by atoms with Gasteiger partial charge in [0.1, 0.15) is 0 Å². The Morgan fingerprint density at radius 1 is 0.909 bits per heavy atom. The molecule has 0 amide bonds. The lowest BCUT2D eigenvalue weighted by Gasteiger charge is -2.05. The average Bonchev–Trinajstić information content (AvgIpc) is 2.84. The summed E-state index contributed by atoms with van der Waals surface area (Å²) in [6, 6.07) is 6.86. The first-order valence-corrected chi connectivity index (χ1v) is 8.64. The van der Waals surface area contributed by atoms with Crippen LogP contribution in [0.3, 0.4) is 0 Å². The van der Waals surface area contributed by atoms with Gasteiger partial charge in [0.2, 0.25) is 0 Å². The van der Waals surface area contributed by atoms with E-state index < -0.39 is 0 Å². The molecule has 0 bridgehead atoms. The first kappa shape index (κ1) is 16.5. The zero-order valence-electron chi connectivity index (χ0n) is 13.8. The van der Waals surface area contributed by atoms with E-state index in [9.17, 15) is 0 Å². The largest absolute Gasteiger partial charge is 0.135 e. The number of allylic oxidation sites excluding steroid dienone is 6. The minimum Gasteiger partial charge on any atom is -0.135 e. The van der Waals surface area contributed by atoms with E-state index in [0.29, 0.717) is 5.92 Å². The third kappa shape index (κ3) is 3.86. The summed E-state index contributed by atoms with van der Waals surface area (Å²) in [5, 5.41) is 1.36. The Bertz CT molecular complexity index is 737. The van der Waals surface area contributed by atoms with Gasteiger partial charge in [-0.1, -0.05) is 62.4 Å². The van der Waals surface area contributed by atoms with Gasteiger partial charge in [-0.3, -0.25) is 0 Å². The molecule has 1 aromatic carbocycles. The van der Waals surface area contributed by atoms with Gasteiger partial charge in [-0.25, -0.2) is 0 Å². The lowest BCUT2D eigenvalue weighted by atomic mass is 10.00. The maximum absolute atomic E-state index is 2.35.